The van der Waals surface area contributed by atoms with Gasteiger partial charge >= 0.3 is 5.97 Å². The maximum Gasteiger partial charge on any atom is 0.337 e. The Kier molecular flexibility index (Phi) is 7.49. The maximum absolute atomic E-state index is 13.0. The van der Waals surface area contributed by atoms with Crippen LogP contribution in [0.2, 0.25) is 0 Å². The molecule has 0 heterocycles. The third-order valence-corrected chi connectivity index (χ3v) is 6.35. The first kappa shape index (κ1) is 24.7. The summed E-state index contributed by atoms with van der Waals surface area (Å²) in [5, 5.41) is 2.65. The van der Waals surface area contributed by atoms with Gasteiger partial charge in [0.15, 0.2) is 0 Å². The lowest BCUT2D eigenvalue weighted by atomic mass is 10.1. The van der Waals surface area contributed by atoms with Gasteiger partial charge in [-0.05, 0) is 54.6 Å². The van der Waals surface area contributed by atoms with E-state index in [-0.39, 0.29) is 26.8 Å². The van der Waals surface area contributed by atoms with E-state index in [4.69, 9.17) is 27.4 Å². The van der Waals surface area contributed by atoms with Crippen LogP contribution in [0.25, 0.3) is 0 Å². The number of carbonyl (C=O) groups is 2. The number of amides is 1. The lowest BCUT2D eigenvalue weighted by Crippen LogP contribution is -2.18. The first-order chi connectivity index (χ1) is 16.1. The van der Waals surface area contributed by atoms with Gasteiger partial charge < -0.3 is 20.5 Å². The molecule has 0 fully saturated rings. The summed E-state index contributed by atoms with van der Waals surface area (Å²) in [4.78, 5) is 24.9. The minimum atomic E-state index is -4.06. The van der Waals surface area contributed by atoms with Crippen LogP contribution in [-0.2, 0) is 14.8 Å². The molecule has 176 valence electrons. The van der Waals surface area contributed by atoms with Crippen LogP contribution in [0.3, 0.4) is 0 Å². The second-order valence-corrected chi connectivity index (χ2v) is 9.05. The molecule has 0 spiro atoms. The number of esters is 1. The SMILES string of the molecule is COC(=O)c1ccc(NC(=O)c2ccc(C(N)=S)cc2)c(NS(=O)(=O)c2ccc(OC)cc2)c1. The number of sulfonamides is 1. The third kappa shape index (κ3) is 5.69. The molecule has 0 bridgehead atoms. The summed E-state index contributed by atoms with van der Waals surface area (Å²) in [6.45, 7) is 0. The predicted molar refractivity (Wildman–Crippen MR) is 132 cm³/mol. The number of rotatable bonds is 8. The van der Waals surface area contributed by atoms with Crippen molar-refractivity contribution < 1.29 is 27.5 Å². The fourth-order valence-corrected chi connectivity index (χ4v) is 4.13. The molecule has 0 unspecified atom stereocenters. The number of anilines is 2. The Morgan fingerprint density at radius 2 is 1.44 bits per heavy atom. The average molecular weight is 500 g/mol. The van der Waals surface area contributed by atoms with E-state index in [1.54, 1.807) is 12.1 Å². The number of benzene rings is 3. The molecule has 0 atom stereocenters. The molecule has 0 aliphatic rings. The Morgan fingerprint density at radius 1 is 0.853 bits per heavy atom. The highest BCUT2D eigenvalue weighted by molar-refractivity contribution is 7.92. The van der Waals surface area contributed by atoms with Crippen molar-refractivity contribution in [3.63, 3.8) is 0 Å². The first-order valence-corrected chi connectivity index (χ1v) is 11.6. The van der Waals surface area contributed by atoms with E-state index in [2.05, 4.69) is 10.0 Å². The minimum Gasteiger partial charge on any atom is -0.497 e. The lowest BCUT2D eigenvalue weighted by Gasteiger charge is -2.15. The van der Waals surface area contributed by atoms with Gasteiger partial charge in [-0.1, -0.05) is 24.4 Å². The lowest BCUT2D eigenvalue weighted by molar-refractivity contribution is 0.0600. The van der Waals surface area contributed by atoms with E-state index < -0.39 is 21.9 Å². The zero-order valence-corrected chi connectivity index (χ0v) is 19.8. The van der Waals surface area contributed by atoms with Crippen molar-refractivity contribution in [2.75, 3.05) is 24.3 Å². The van der Waals surface area contributed by atoms with Crippen molar-refractivity contribution in [2.24, 2.45) is 5.73 Å². The summed E-state index contributed by atoms with van der Waals surface area (Å²) in [5.74, 6) is -0.692. The molecular weight excluding hydrogens is 478 g/mol. The second-order valence-electron chi connectivity index (χ2n) is 6.93. The number of hydrogen-bond acceptors (Lipinski definition) is 7. The molecular formula is C23H21N3O6S2. The van der Waals surface area contributed by atoms with Gasteiger partial charge in [-0.15, -0.1) is 0 Å². The number of carbonyl (C=O) groups excluding carboxylic acids is 2. The van der Waals surface area contributed by atoms with Crippen molar-refractivity contribution in [1.82, 2.24) is 0 Å². The van der Waals surface area contributed by atoms with Crippen LogP contribution < -0.4 is 20.5 Å². The van der Waals surface area contributed by atoms with Crippen molar-refractivity contribution in [3.05, 3.63) is 83.4 Å². The van der Waals surface area contributed by atoms with Crippen LogP contribution in [0.4, 0.5) is 11.4 Å². The molecule has 0 aliphatic carbocycles. The van der Waals surface area contributed by atoms with Crippen molar-refractivity contribution in [3.8, 4) is 5.75 Å². The Labute approximate surface area is 201 Å². The number of ether oxygens (including phenoxy) is 2. The quantitative estimate of drug-likeness (QED) is 0.318. The molecule has 4 N–H and O–H groups in total. The molecule has 3 aromatic rings. The van der Waals surface area contributed by atoms with E-state index in [0.717, 1.165) is 0 Å². The van der Waals surface area contributed by atoms with Crippen LogP contribution in [0.5, 0.6) is 5.75 Å². The standard InChI is InChI=1S/C23H21N3O6S2/c1-31-17-8-10-18(11-9-17)34(29,30)26-20-13-16(23(28)32-2)7-12-19(20)25-22(27)15-5-3-14(4-6-15)21(24)33/h3-13,26H,1-2H3,(H2,24,33)(H,25,27). The van der Waals surface area contributed by atoms with Crippen LogP contribution in [0.15, 0.2) is 71.6 Å². The Bertz CT molecular complexity index is 1340. The highest BCUT2D eigenvalue weighted by atomic mass is 32.2. The number of nitrogens with two attached hydrogens (primary N) is 1. The molecule has 0 saturated heterocycles. The summed E-state index contributed by atoms with van der Waals surface area (Å²) in [7, 11) is -1.39. The van der Waals surface area contributed by atoms with E-state index >= 15 is 0 Å². The summed E-state index contributed by atoms with van der Waals surface area (Å²) >= 11 is 4.91. The largest absolute Gasteiger partial charge is 0.497 e. The highest BCUT2D eigenvalue weighted by Crippen LogP contribution is 2.28. The fourth-order valence-electron chi connectivity index (χ4n) is 2.92. The number of thiocarbonyl (C=S) groups is 1. The molecule has 1 amide bonds. The summed E-state index contributed by atoms with van der Waals surface area (Å²) in [6, 6.07) is 16.1. The van der Waals surface area contributed by atoms with Gasteiger partial charge in [-0.2, -0.15) is 0 Å². The summed E-state index contributed by atoms with van der Waals surface area (Å²) in [6.07, 6.45) is 0. The molecule has 9 nitrogen and oxygen atoms in total. The third-order valence-electron chi connectivity index (χ3n) is 4.73. The molecule has 11 heteroatoms. The Hall–Kier alpha value is -3.96. The van der Waals surface area contributed by atoms with Crippen LogP contribution >= 0.6 is 12.2 Å². The van der Waals surface area contributed by atoms with Gasteiger partial charge in [0, 0.05) is 11.1 Å². The Morgan fingerprint density at radius 3 is 2.00 bits per heavy atom. The van der Waals surface area contributed by atoms with Gasteiger partial charge in [0.25, 0.3) is 15.9 Å². The minimum absolute atomic E-state index is 0.0215. The smallest absolute Gasteiger partial charge is 0.337 e. The van der Waals surface area contributed by atoms with Gasteiger partial charge in [0.1, 0.15) is 10.7 Å². The fraction of sp³-hybridized carbons (Fsp3) is 0.0870. The predicted octanol–water partition coefficient (Wildman–Crippen LogP) is 3.17. The van der Waals surface area contributed by atoms with E-state index in [0.29, 0.717) is 16.9 Å². The topological polar surface area (TPSA) is 137 Å². The van der Waals surface area contributed by atoms with E-state index in [1.165, 1.54) is 68.8 Å². The Balaban J connectivity index is 1.94. The van der Waals surface area contributed by atoms with E-state index in [9.17, 15) is 18.0 Å². The first-order valence-electron chi connectivity index (χ1n) is 9.75. The molecule has 0 radical (unpaired) electrons. The van der Waals surface area contributed by atoms with Crippen LogP contribution in [-0.4, -0.2) is 39.5 Å². The average Bonchev–Trinajstić information content (AvgIpc) is 2.84. The highest BCUT2D eigenvalue weighted by Gasteiger charge is 2.19. The molecule has 0 saturated carbocycles. The summed E-state index contributed by atoms with van der Waals surface area (Å²) in [5.41, 5.74) is 6.67. The summed E-state index contributed by atoms with van der Waals surface area (Å²) < 4.78 is 38.1. The molecule has 34 heavy (non-hydrogen) atoms. The molecule has 3 aromatic carbocycles. The molecule has 3 rings (SSSR count). The van der Waals surface area contributed by atoms with Gasteiger partial charge in [0.05, 0.1) is 36.1 Å². The zero-order chi connectivity index (χ0) is 24.9. The van der Waals surface area contributed by atoms with Gasteiger partial charge in [-0.3, -0.25) is 9.52 Å². The van der Waals surface area contributed by atoms with Crippen molar-refractivity contribution in [2.45, 2.75) is 4.90 Å². The van der Waals surface area contributed by atoms with Crippen LogP contribution in [0.1, 0.15) is 26.3 Å². The number of methoxy groups -OCH3 is 2. The van der Waals surface area contributed by atoms with Crippen molar-refractivity contribution >= 4 is 50.5 Å². The van der Waals surface area contributed by atoms with Crippen molar-refractivity contribution in [1.29, 1.82) is 0 Å². The zero-order valence-electron chi connectivity index (χ0n) is 18.2. The van der Waals surface area contributed by atoms with Gasteiger partial charge in [0.2, 0.25) is 0 Å². The second kappa shape index (κ2) is 10.3. The maximum atomic E-state index is 13.0. The molecule has 0 aromatic heterocycles. The normalized spacial score (nSPS) is 10.8. The monoisotopic (exact) mass is 499 g/mol. The number of hydrogen-bond donors (Lipinski definition) is 3. The van der Waals surface area contributed by atoms with Gasteiger partial charge in [-0.25, -0.2) is 13.2 Å². The van der Waals surface area contributed by atoms with E-state index in [1.807, 2.05) is 0 Å². The number of nitrogens with one attached hydrogen (secondary N) is 2. The van der Waals surface area contributed by atoms with Crippen LogP contribution in [0, 0.1) is 0 Å². The molecule has 0 aliphatic heterocycles.